The lowest BCUT2D eigenvalue weighted by atomic mass is 10.1. The molecule has 2 aromatic rings. The van der Waals surface area contributed by atoms with Crippen molar-refractivity contribution in [2.45, 2.75) is 20.4 Å². The molecule has 110 valence electrons. The van der Waals surface area contributed by atoms with Gasteiger partial charge in [0, 0.05) is 12.2 Å². The average Bonchev–Trinajstić information content (AvgIpc) is 2.47. The smallest absolute Gasteiger partial charge is 0.340 e. The topological polar surface area (TPSA) is 38.3 Å². The van der Waals surface area contributed by atoms with Crippen LogP contribution in [0.15, 0.2) is 36.4 Å². The third kappa shape index (κ3) is 3.60. The van der Waals surface area contributed by atoms with E-state index in [4.69, 9.17) is 0 Å². The van der Waals surface area contributed by atoms with Crippen LogP contribution in [-0.4, -0.2) is 13.1 Å². The van der Waals surface area contributed by atoms with Crippen molar-refractivity contribution in [3.05, 3.63) is 64.5 Å². The van der Waals surface area contributed by atoms with Crippen LogP contribution in [0.3, 0.4) is 0 Å². The molecule has 0 aliphatic carbocycles. The van der Waals surface area contributed by atoms with Gasteiger partial charge in [-0.15, -0.1) is 0 Å². The maximum Gasteiger partial charge on any atom is 0.340 e. The van der Waals surface area contributed by atoms with E-state index in [9.17, 15) is 9.18 Å². The minimum Gasteiger partial charge on any atom is -0.465 e. The van der Waals surface area contributed by atoms with E-state index in [-0.39, 0.29) is 5.56 Å². The van der Waals surface area contributed by atoms with E-state index in [2.05, 4.69) is 16.1 Å². The number of methoxy groups -OCH3 is 1. The van der Waals surface area contributed by atoms with Crippen molar-refractivity contribution in [2.24, 2.45) is 0 Å². The number of rotatable bonds is 4. The van der Waals surface area contributed by atoms with Crippen LogP contribution in [0.1, 0.15) is 27.0 Å². The molecule has 0 unspecified atom stereocenters. The lowest BCUT2D eigenvalue weighted by molar-refractivity contribution is 0.0595. The Morgan fingerprint density at radius 1 is 1.19 bits per heavy atom. The van der Waals surface area contributed by atoms with Gasteiger partial charge in [-0.1, -0.05) is 18.2 Å². The van der Waals surface area contributed by atoms with Gasteiger partial charge in [-0.3, -0.25) is 0 Å². The fourth-order valence-corrected chi connectivity index (χ4v) is 2.07. The summed E-state index contributed by atoms with van der Waals surface area (Å²) >= 11 is 0. The fourth-order valence-electron chi connectivity index (χ4n) is 2.07. The van der Waals surface area contributed by atoms with Gasteiger partial charge in [0.2, 0.25) is 0 Å². The monoisotopic (exact) mass is 287 g/mol. The molecule has 0 aliphatic heterocycles. The zero-order valence-corrected chi connectivity index (χ0v) is 12.4. The third-order valence-corrected chi connectivity index (χ3v) is 3.31. The number of halogens is 1. The molecular formula is C17H18FNO2. The molecule has 0 radical (unpaired) electrons. The van der Waals surface area contributed by atoms with Crippen molar-refractivity contribution >= 4 is 11.7 Å². The first-order chi connectivity index (χ1) is 10.0. The molecule has 0 saturated heterocycles. The minimum absolute atomic E-state index is 0.0482. The minimum atomic E-state index is -0.665. The summed E-state index contributed by atoms with van der Waals surface area (Å²) < 4.78 is 18.3. The number of benzene rings is 2. The van der Waals surface area contributed by atoms with Crippen LogP contribution >= 0.6 is 0 Å². The Labute approximate surface area is 123 Å². The Morgan fingerprint density at radius 3 is 2.62 bits per heavy atom. The van der Waals surface area contributed by atoms with Crippen LogP contribution < -0.4 is 5.32 Å². The summed E-state index contributed by atoms with van der Waals surface area (Å²) in [4.78, 5) is 11.3. The van der Waals surface area contributed by atoms with E-state index >= 15 is 0 Å². The molecule has 2 rings (SSSR count). The van der Waals surface area contributed by atoms with Crippen molar-refractivity contribution in [1.82, 2.24) is 0 Å². The number of aryl methyl sites for hydroxylation is 2. The maximum atomic E-state index is 13.8. The molecule has 0 aromatic heterocycles. The zero-order chi connectivity index (χ0) is 15.4. The lowest BCUT2D eigenvalue weighted by Crippen LogP contribution is -2.06. The number of esters is 1. The second kappa shape index (κ2) is 6.39. The number of hydrogen-bond donors (Lipinski definition) is 1. The second-order valence-electron chi connectivity index (χ2n) is 4.98. The molecule has 0 amide bonds. The Morgan fingerprint density at radius 2 is 1.95 bits per heavy atom. The number of hydrogen-bond acceptors (Lipinski definition) is 3. The molecule has 3 nitrogen and oxygen atoms in total. The highest BCUT2D eigenvalue weighted by atomic mass is 19.1. The molecule has 0 bridgehead atoms. The van der Waals surface area contributed by atoms with E-state index in [0.29, 0.717) is 6.54 Å². The molecule has 4 heteroatoms. The zero-order valence-electron chi connectivity index (χ0n) is 12.4. The van der Waals surface area contributed by atoms with Gasteiger partial charge in [-0.05, 0) is 48.7 Å². The maximum absolute atomic E-state index is 13.8. The number of ether oxygens (including phenoxy) is 1. The molecule has 0 saturated carbocycles. The molecule has 0 aliphatic rings. The Balaban J connectivity index is 2.12. The summed E-state index contributed by atoms with van der Waals surface area (Å²) in [5.41, 5.74) is 4.03. The highest BCUT2D eigenvalue weighted by molar-refractivity contribution is 5.89. The number of nitrogens with one attached hydrogen (secondary N) is 1. The largest absolute Gasteiger partial charge is 0.465 e. The fraction of sp³-hybridized carbons (Fsp3) is 0.235. The van der Waals surface area contributed by atoms with Crippen molar-refractivity contribution in [2.75, 3.05) is 12.4 Å². The predicted octanol–water partition coefficient (Wildman–Crippen LogP) is 3.84. The summed E-state index contributed by atoms with van der Waals surface area (Å²) in [7, 11) is 1.23. The van der Waals surface area contributed by atoms with Crippen molar-refractivity contribution in [3.8, 4) is 0 Å². The number of anilines is 1. The molecule has 0 fully saturated rings. The third-order valence-electron chi connectivity index (χ3n) is 3.31. The average molecular weight is 287 g/mol. The Bertz CT molecular complexity index is 668. The van der Waals surface area contributed by atoms with Gasteiger partial charge in [0.15, 0.2) is 0 Å². The van der Waals surface area contributed by atoms with E-state index in [1.807, 2.05) is 26.0 Å². The van der Waals surface area contributed by atoms with Gasteiger partial charge < -0.3 is 10.1 Å². The summed E-state index contributed by atoms with van der Waals surface area (Å²) in [6.07, 6.45) is 0. The number of carbonyl (C=O) groups is 1. The Kier molecular flexibility index (Phi) is 4.58. The quantitative estimate of drug-likeness (QED) is 0.868. The van der Waals surface area contributed by atoms with Gasteiger partial charge >= 0.3 is 5.97 Å². The summed E-state index contributed by atoms with van der Waals surface area (Å²) in [5, 5.41) is 3.28. The van der Waals surface area contributed by atoms with Gasteiger partial charge in [-0.25, -0.2) is 9.18 Å². The molecule has 0 heterocycles. The van der Waals surface area contributed by atoms with Crippen LogP contribution in [0.5, 0.6) is 0 Å². The first-order valence-corrected chi connectivity index (χ1v) is 6.69. The van der Waals surface area contributed by atoms with Crippen LogP contribution in [0.4, 0.5) is 10.1 Å². The molecule has 21 heavy (non-hydrogen) atoms. The standard InChI is InChI=1S/C17H18FNO2/c1-11-4-5-12(2)16(8-11)19-10-13-6-7-14(15(18)9-13)17(20)21-3/h4-9,19H,10H2,1-3H3. The molecular weight excluding hydrogens is 269 g/mol. The van der Waals surface area contributed by atoms with E-state index in [0.717, 1.165) is 22.4 Å². The van der Waals surface area contributed by atoms with Crippen LogP contribution in [0.25, 0.3) is 0 Å². The molecule has 0 spiro atoms. The Hall–Kier alpha value is -2.36. The normalized spacial score (nSPS) is 10.3. The summed E-state index contributed by atoms with van der Waals surface area (Å²) in [6.45, 7) is 4.53. The van der Waals surface area contributed by atoms with Gasteiger partial charge in [0.1, 0.15) is 5.82 Å². The van der Waals surface area contributed by atoms with Crippen LogP contribution in [0, 0.1) is 19.7 Å². The number of carbonyl (C=O) groups excluding carboxylic acids is 1. The SMILES string of the molecule is COC(=O)c1ccc(CNc2cc(C)ccc2C)cc1F. The van der Waals surface area contributed by atoms with Crippen LogP contribution in [-0.2, 0) is 11.3 Å². The van der Waals surface area contributed by atoms with Crippen molar-refractivity contribution in [3.63, 3.8) is 0 Å². The lowest BCUT2D eigenvalue weighted by Gasteiger charge is -2.11. The first kappa shape index (κ1) is 15.0. The first-order valence-electron chi connectivity index (χ1n) is 6.69. The second-order valence-corrected chi connectivity index (χ2v) is 4.98. The molecule has 0 atom stereocenters. The summed E-state index contributed by atoms with van der Waals surface area (Å²) in [5.74, 6) is -1.23. The van der Waals surface area contributed by atoms with Crippen molar-refractivity contribution in [1.29, 1.82) is 0 Å². The van der Waals surface area contributed by atoms with E-state index in [1.54, 1.807) is 6.07 Å². The van der Waals surface area contributed by atoms with Crippen molar-refractivity contribution < 1.29 is 13.9 Å². The van der Waals surface area contributed by atoms with Gasteiger partial charge in [-0.2, -0.15) is 0 Å². The van der Waals surface area contributed by atoms with E-state index < -0.39 is 11.8 Å². The van der Waals surface area contributed by atoms with Crippen LogP contribution in [0.2, 0.25) is 0 Å². The van der Waals surface area contributed by atoms with Gasteiger partial charge in [0.05, 0.1) is 12.7 Å². The highest BCUT2D eigenvalue weighted by Gasteiger charge is 2.12. The summed E-state index contributed by atoms with van der Waals surface area (Å²) in [6, 6.07) is 10.7. The highest BCUT2D eigenvalue weighted by Crippen LogP contribution is 2.18. The molecule has 2 aromatic carbocycles. The molecule has 1 N–H and O–H groups in total. The van der Waals surface area contributed by atoms with Gasteiger partial charge in [0.25, 0.3) is 0 Å². The predicted molar refractivity (Wildman–Crippen MR) is 81.0 cm³/mol. The van der Waals surface area contributed by atoms with E-state index in [1.165, 1.54) is 19.2 Å².